The fourth-order valence-electron chi connectivity index (χ4n) is 3.79. The van der Waals surface area contributed by atoms with Gasteiger partial charge in [0, 0.05) is 17.4 Å². The molecule has 8 nitrogen and oxygen atoms in total. The number of halogens is 1. The molecule has 1 aliphatic heterocycles. The second kappa shape index (κ2) is 8.54. The molecule has 0 fully saturated rings. The molecule has 2 amide bonds. The molecule has 2 atom stereocenters. The molecule has 0 aromatic heterocycles. The fraction of sp³-hybridized carbons (Fsp3) is 0.333. The number of nitrogens with two attached hydrogens (primary N) is 1. The summed E-state index contributed by atoms with van der Waals surface area (Å²) in [7, 11) is -2.18. The smallest absolute Gasteiger partial charge is 0.255 e. The van der Waals surface area contributed by atoms with E-state index in [0.717, 1.165) is 17.2 Å². The lowest BCUT2D eigenvalue weighted by Gasteiger charge is -2.32. The van der Waals surface area contributed by atoms with Gasteiger partial charge in [0.25, 0.3) is 5.91 Å². The van der Waals surface area contributed by atoms with Crippen LogP contribution in [-0.2, 0) is 14.6 Å². The maximum atomic E-state index is 14.6. The molecule has 0 saturated heterocycles. The Kier molecular flexibility index (Phi) is 6.21. The third-order valence-electron chi connectivity index (χ3n) is 5.01. The summed E-state index contributed by atoms with van der Waals surface area (Å²) in [6.45, 7) is 2.09. The molecule has 0 saturated carbocycles. The maximum absolute atomic E-state index is 14.6. The summed E-state index contributed by atoms with van der Waals surface area (Å²) in [5.41, 5.74) is 5.74. The maximum Gasteiger partial charge on any atom is 0.255 e. The monoisotopic (exact) mass is 450 g/mol. The summed E-state index contributed by atoms with van der Waals surface area (Å²) in [6, 6.07) is 5.98. The van der Waals surface area contributed by atoms with Gasteiger partial charge < -0.3 is 20.1 Å². The second-order valence-corrected chi connectivity index (χ2v) is 9.35. The lowest BCUT2D eigenvalue weighted by molar-refractivity contribution is -0.123. The van der Waals surface area contributed by atoms with Crippen LogP contribution in [-0.4, -0.2) is 50.9 Å². The van der Waals surface area contributed by atoms with Gasteiger partial charge in [-0.3, -0.25) is 9.59 Å². The molecular formula is C21H23FN2O6S. The van der Waals surface area contributed by atoms with Crippen molar-refractivity contribution in [3.05, 3.63) is 58.9 Å². The molecule has 0 aliphatic carbocycles. The number of carbonyl (C=O) groups is 2. The van der Waals surface area contributed by atoms with Crippen LogP contribution in [0.15, 0.2) is 36.4 Å². The Balaban J connectivity index is 2.20. The average molecular weight is 450 g/mol. The molecule has 1 aliphatic rings. The van der Waals surface area contributed by atoms with Gasteiger partial charge in [-0.05, 0) is 36.8 Å². The second-order valence-electron chi connectivity index (χ2n) is 7.17. The van der Waals surface area contributed by atoms with Crippen LogP contribution in [0.5, 0.6) is 11.5 Å². The van der Waals surface area contributed by atoms with Crippen LogP contribution in [0.4, 0.5) is 4.39 Å². The lowest BCUT2D eigenvalue weighted by Crippen LogP contribution is -2.41. The summed E-state index contributed by atoms with van der Waals surface area (Å²) in [5.74, 6) is -2.16. The van der Waals surface area contributed by atoms with Gasteiger partial charge in [-0.2, -0.15) is 0 Å². The molecule has 2 N–H and O–H groups in total. The molecule has 0 bridgehead atoms. The number of ether oxygens (including phenoxy) is 2. The zero-order valence-electron chi connectivity index (χ0n) is 17.3. The van der Waals surface area contributed by atoms with E-state index in [0.29, 0.717) is 23.7 Å². The van der Waals surface area contributed by atoms with Gasteiger partial charge in [0.1, 0.15) is 21.7 Å². The zero-order chi connectivity index (χ0) is 22.9. The van der Waals surface area contributed by atoms with Crippen molar-refractivity contribution in [3.8, 4) is 11.5 Å². The highest BCUT2D eigenvalue weighted by Gasteiger charge is 2.46. The van der Waals surface area contributed by atoms with Gasteiger partial charge in [0.15, 0.2) is 11.5 Å². The minimum Gasteiger partial charge on any atom is -0.493 e. The standard InChI is InChI=1S/C21H23FN2O6S/c1-4-30-17-10-12(8-9-16(17)29-2)15(11-31(3,27)28)24-19(20(23)25)18-13(21(24)26)6-5-7-14(18)22/h5-10,15,19H,4,11H2,1-3H3,(H2,23,25). The van der Waals surface area contributed by atoms with Crippen LogP contribution >= 0.6 is 0 Å². The van der Waals surface area contributed by atoms with E-state index in [2.05, 4.69) is 0 Å². The number of nitrogens with zero attached hydrogens (tertiary/aromatic N) is 1. The predicted octanol–water partition coefficient (Wildman–Crippen LogP) is 2.00. The molecule has 10 heteroatoms. The molecule has 0 spiro atoms. The largest absolute Gasteiger partial charge is 0.493 e. The molecule has 1 heterocycles. The van der Waals surface area contributed by atoms with E-state index in [1.54, 1.807) is 25.1 Å². The summed E-state index contributed by atoms with van der Waals surface area (Å²) in [6.07, 6.45) is 1.01. The van der Waals surface area contributed by atoms with Crippen LogP contribution in [0.2, 0.25) is 0 Å². The van der Waals surface area contributed by atoms with Crippen LogP contribution in [0.1, 0.15) is 40.5 Å². The Hall–Kier alpha value is -3.14. The Labute approximate surface area is 179 Å². The van der Waals surface area contributed by atoms with Gasteiger partial charge in [0.05, 0.1) is 25.5 Å². The fourth-order valence-corrected chi connectivity index (χ4v) is 4.72. The summed E-state index contributed by atoms with van der Waals surface area (Å²) >= 11 is 0. The van der Waals surface area contributed by atoms with Crippen molar-refractivity contribution in [2.24, 2.45) is 5.73 Å². The van der Waals surface area contributed by atoms with Crippen LogP contribution in [0.3, 0.4) is 0 Å². The first-order valence-corrected chi connectivity index (χ1v) is 11.5. The molecule has 2 unspecified atom stereocenters. The van der Waals surface area contributed by atoms with Crippen molar-refractivity contribution in [2.75, 3.05) is 25.7 Å². The van der Waals surface area contributed by atoms with Crippen molar-refractivity contribution in [1.82, 2.24) is 4.90 Å². The third-order valence-corrected chi connectivity index (χ3v) is 5.93. The first-order chi connectivity index (χ1) is 14.6. The topological polar surface area (TPSA) is 116 Å². The number of hydrogen-bond donors (Lipinski definition) is 1. The van der Waals surface area contributed by atoms with E-state index in [4.69, 9.17) is 15.2 Å². The SMILES string of the molecule is CCOc1cc(C(CS(C)(=O)=O)N2C(=O)c3cccc(F)c3C2C(N)=O)ccc1OC. The van der Waals surface area contributed by atoms with E-state index >= 15 is 0 Å². The highest BCUT2D eigenvalue weighted by molar-refractivity contribution is 7.90. The van der Waals surface area contributed by atoms with E-state index in [-0.39, 0.29) is 11.1 Å². The molecule has 31 heavy (non-hydrogen) atoms. The van der Waals surface area contributed by atoms with Crippen LogP contribution in [0.25, 0.3) is 0 Å². The number of fused-ring (bicyclic) bond motifs is 1. The number of primary amides is 1. The first kappa shape index (κ1) is 22.5. The Morgan fingerprint density at radius 1 is 1.26 bits per heavy atom. The van der Waals surface area contributed by atoms with Crippen molar-refractivity contribution in [2.45, 2.75) is 19.0 Å². The average Bonchev–Trinajstić information content (AvgIpc) is 3.00. The van der Waals surface area contributed by atoms with Gasteiger partial charge in [-0.25, -0.2) is 12.8 Å². The van der Waals surface area contributed by atoms with Gasteiger partial charge in [-0.1, -0.05) is 12.1 Å². The Morgan fingerprint density at radius 3 is 2.55 bits per heavy atom. The number of benzene rings is 2. The number of carbonyl (C=O) groups excluding carboxylic acids is 2. The Morgan fingerprint density at radius 2 is 1.97 bits per heavy atom. The molecule has 3 rings (SSSR count). The number of sulfone groups is 1. The van der Waals surface area contributed by atoms with Gasteiger partial charge in [0.2, 0.25) is 5.91 Å². The normalized spacial score (nSPS) is 16.7. The molecular weight excluding hydrogens is 427 g/mol. The number of rotatable bonds is 8. The third kappa shape index (κ3) is 4.34. The molecule has 0 radical (unpaired) electrons. The van der Waals surface area contributed by atoms with E-state index in [1.165, 1.54) is 19.2 Å². The number of hydrogen-bond acceptors (Lipinski definition) is 6. The van der Waals surface area contributed by atoms with E-state index in [1.807, 2.05) is 0 Å². The minimum atomic E-state index is -3.63. The van der Waals surface area contributed by atoms with E-state index < -0.39 is 45.3 Å². The highest BCUT2D eigenvalue weighted by atomic mass is 32.2. The van der Waals surface area contributed by atoms with E-state index in [9.17, 15) is 22.4 Å². The highest BCUT2D eigenvalue weighted by Crippen LogP contribution is 2.43. The van der Waals surface area contributed by atoms with Gasteiger partial charge >= 0.3 is 0 Å². The summed E-state index contributed by atoms with van der Waals surface area (Å²) < 4.78 is 49.9. The minimum absolute atomic E-state index is 0.0270. The molecule has 166 valence electrons. The van der Waals surface area contributed by atoms with Crippen LogP contribution in [0, 0.1) is 5.82 Å². The zero-order valence-corrected chi connectivity index (χ0v) is 18.1. The van der Waals surface area contributed by atoms with Crippen molar-refractivity contribution in [1.29, 1.82) is 0 Å². The Bertz CT molecular complexity index is 1130. The van der Waals surface area contributed by atoms with Gasteiger partial charge in [-0.15, -0.1) is 0 Å². The quantitative estimate of drug-likeness (QED) is 0.658. The number of amides is 2. The van der Waals surface area contributed by atoms with Crippen molar-refractivity contribution >= 4 is 21.7 Å². The van der Waals surface area contributed by atoms with Crippen molar-refractivity contribution in [3.63, 3.8) is 0 Å². The summed E-state index contributed by atoms with van der Waals surface area (Å²) in [5, 5.41) is 0. The molecule has 2 aromatic rings. The number of methoxy groups -OCH3 is 1. The predicted molar refractivity (Wildman–Crippen MR) is 111 cm³/mol. The first-order valence-electron chi connectivity index (χ1n) is 9.47. The summed E-state index contributed by atoms with van der Waals surface area (Å²) in [4.78, 5) is 26.5. The van der Waals surface area contributed by atoms with Crippen LogP contribution < -0.4 is 15.2 Å². The lowest BCUT2D eigenvalue weighted by atomic mass is 10.0. The molecule has 2 aromatic carbocycles. The van der Waals surface area contributed by atoms with Crippen molar-refractivity contribution < 1.29 is 31.9 Å².